The molecule has 1 atom stereocenters. The van der Waals surface area contributed by atoms with Crippen LogP contribution in [0.25, 0.3) is 0 Å². The van der Waals surface area contributed by atoms with Crippen molar-refractivity contribution in [2.75, 3.05) is 0 Å². The molecule has 57 valence electrons. The summed E-state index contributed by atoms with van der Waals surface area (Å²) in [4.78, 5) is 0. The van der Waals surface area contributed by atoms with Gasteiger partial charge in [0.15, 0.2) is 0 Å². The van der Waals surface area contributed by atoms with Crippen LogP contribution < -0.4 is 0 Å². The van der Waals surface area contributed by atoms with Crippen molar-refractivity contribution in [3.05, 3.63) is 31.2 Å². The molecule has 0 N–H and O–H groups in total. The van der Waals surface area contributed by atoms with Crippen molar-refractivity contribution in [3.8, 4) is 0 Å². The highest BCUT2D eigenvalue weighted by molar-refractivity contribution is 5.13. The molecule has 0 aromatic carbocycles. The summed E-state index contributed by atoms with van der Waals surface area (Å²) in [5.74, 6) is 1.94. The van der Waals surface area contributed by atoms with Crippen molar-refractivity contribution < 1.29 is 0 Å². The standard InChI is InChI=1S/C10H17/c1-5-9(6-2)10(7-3)8-4/h5,7,9H,1,3,6,8H2,2,4H3. The van der Waals surface area contributed by atoms with Gasteiger partial charge < -0.3 is 0 Å². The van der Waals surface area contributed by atoms with Gasteiger partial charge in [-0.1, -0.05) is 26.0 Å². The van der Waals surface area contributed by atoms with E-state index in [1.807, 2.05) is 12.2 Å². The topological polar surface area (TPSA) is 0 Å². The minimum absolute atomic E-state index is 0.544. The minimum atomic E-state index is 0.544. The Morgan fingerprint density at radius 1 is 1.40 bits per heavy atom. The zero-order valence-corrected chi connectivity index (χ0v) is 7.06. The van der Waals surface area contributed by atoms with Crippen molar-refractivity contribution in [3.63, 3.8) is 0 Å². The monoisotopic (exact) mass is 137 g/mol. The fourth-order valence-corrected chi connectivity index (χ4v) is 1.14. The lowest BCUT2D eigenvalue weighted by Gasteiger charge is -2.16. The van der Waals surface area contributed by atoms with Gasteiger partial charge >= 0.3 is 0 Å². The average Bonchev–Trinajstić information content (AvgIpc) is 2.00. The van der Waals surface area contributed by atoms with E-state index in [1.54, 1.807) is 0 Å². The van der Waals surface area contributed by atoms with Crippen LogP contribution in [0.2, 0.25) is 0 Å². The summed E-state index contributed by atoms with van der Waals surface area (Å²) in [6.45, 7) is 11.9. The highest BCUT2D eigenvalue weighted by Gasteiger charge is 2.10. The second-order valence-electron chi connectivity index (χ2n) is 2.38. The molecular weight excluding hydrogens is 120 g/mol. The van der Waals surface area contributed by atoms with Gasteiger partial charge in [0, 0.05) is 5.92 Å². The molecule has 0 aromatic heterocycles. The van der Waals surface area contributed by atoms with E-state index < -0.39 is 0 Å². The van der Waals surface area contributed by atoms with Crippen LogP contribution in [0.5, 0.6) is 0 Å². The first kappa shape index (κ1) is 9.48. The lowest BCUT2D eigenvalue weighted by molar-refractivity contribution is 0.638. The van der Waals surface area contributed by atoms with E-state index in [2.05, 4.69) is 27.0 Å². The SMILES string of the molecule is C=C[C](CC)C(C=C)CC. The summed E-state index contributed by atoms with van der Waals surface area (Å²) < 4.78 is 0. The summed E-state index contributed by atoms with van der Waals surface area (Å²) in [7, 11) is 0. The first-order valence-corrected chi connectivity index (χ1v) is 3.90. The molecule has 0 nitrogen and oxygen atoms in total. The Morgan fingerprint density at radius 3 is 2.10 bits per heavy atom. The zero-order valence-electron chi connectivity index (χ0n) is 7.06. The predicted molar refractivity (Wildman–Crippen MR) is 47.7 cm³/mol. The van der Waals surface area contributed by atoms with E-state index in [4.69, 9.17) is 0 Å². The van der Waals surface area contributed by atoms with Crippen LogP contribution in [0.15, 0.2) is 25.3 Å². The van der Waals surface area contributed by atoms with E-state index in [9.17, 15) is 0 Å². The highest BCUT2D eigenvalue weighted by Crippen LogP contribution is 2.22. The van der Waals surface area contributed by atoms with Gasteiger partial charge in [-0.15, -0.1) is 13.2 Å². The van der Waals surface area contributed by atoms with E-state index in [0.717, 1.165) is 12.8 Å². The van der Waals surface area contributed by atoms with E-state index in [0.29, 0.717) is 5.92 Å². The van der Waals surface area contributed by atoms with Crippen molar-refractivity contribution in [1.82, 2.24) is 0 Å². The summed E-state index contributed by atoms with van der Waals surface area (Å²) in [5.41, 5.74) is 0. The van der Waals surface area contributed by atoms with Crippen LogP contribution in [0.4, 0.5) is 0 Å². The molecule has 0 bridgehead atoms. The molecule has 0 heteroatoms. The summed E-state index contributed by atoms with van der Waals surface area (Å²) in [6.07, 6.45) is 6.18. The third-order valence-corrected chi connectivity index (χ3v) is 1.87. The Morgan fingerprint density at radius 2 is 2.00 bits per heavy atom. The van der Waals surface area contributed by atoms with Crippen LogP contribution in [0.1, 0.15) is 26.7 Å². The number of allylic oxidation sites excluding steroid dienone is 2. The lowest BCUT2D eigenvalue weighted by atomic mass is 9.88. The molecule has 0 aliphatic rings. The molecule has 1 radical (unpaired) electrons. The molecule has 1 unspecified atom stereocenters. The first-order chi connectivity index (χ1) is 4.79. The number of hydrogen-bond acceptors (Lipinski definition) is 0. The maximum atomic E-state index is 3.78. The Hall–Kier alpha value is -0.520. The number of hydrogen-bond donors (Lipinski definition) is 0. The van der Waals surface area contributed by atoms with Gasteiger partial charge in [-0.25, -0.2) is 0 Å². The van der Waals surface area contributed by atoms with Gasteiger partial charge in [-0.2, -0.15) is 0 Å². The van der Waals surface area contributed by atoms with Crippen LogP contribution in [0, 0.1) is 11.8 Å². The molecule has 0 aromatic rings. The van der Waals surface area contributed by atoms with Gasteiger partial charge in [-0.05, 0) is 18.8 Å². The van der Waals surface area contributed by atoms with E-state index >= 15 is 0 Å². The zero-order chi connectivity index (χ0) is 7.98. The van der Waals surface area contributed by atoms with Crippen LogP contribution in [-0.2, 0) is 0 Å². The van der Waals surface area contributed by atoms with Gasteiger partial charge in [0.1, 0.15) is 0 Å². The molecule has 0 fully saturated rings. The first-order valence-electron chi connectivity index (χ1n) is 3.90. The second kappa shape index (κ2) is 5.28. The van der Waals surface area contributed by atoms with Gasteiger partial charge in [-0.3, -0.25) is 0 Å². The molecule has 0 rings (SSSR count). The quantitative estimate of drug-likeness (QED) is 0.510. The highest BCUT2D eigenvalue weighted by atomic mass is 14.1. The summed E-state index contributed by atoms with van der Waals surface area (Å²) in [5, 5.41) is 0. The fourth-order valence-electron chi connectivity index (χ4n) is 1.14. The van der Waals surface area contributed by atoms with Crippen LogP contribution >= 0.6 is 0 Å². The Labute approximate surface area is 64.6 Å². The molecule has 10 heavy (non-hydrogen) atoms. The van der Waals surface area contributed by atoms with Crippen molar-refractivity contribution in [1.29, 1.82) is 0 Å². The van der Waals surface area contributed by atoms with E-state index in [1.165, 1.54) is 5.92 Å². The number of rotatable bonds is 5. The molecule has 0 heterocycles. The fraction of sp³-hybridized carbons (Fsp3) is 0.500. The normalized spacial score (nSPS) is 13.1. The lowest BCUT2D eigenvalue weighted by Crippen LogP contribution is -2.04. The maximum absolute atomic E-state index is 3.78. The predicted octanol–water partition coefficient (Wildman–Crippen LogP) is 3.37. The van der Waals surface area contributed by atoms with Gasteiger partial charge in [0.05, 0.1) is 0 Å². The molecule has 0 saturated carbocycles. The Balaban J connectivity index is 3.93. The third kappa shape index (κ3) is 2.38. The molecule has 0 aliphatic carbocycles. The van der Waals surface area contributed by atoms with Crippen molar-refractivity contribution in [2.45, 2.75) is 26.7 Å². The van der Waals surface area contributed by atoms with Gasteiger partial charge in [0.2, 0.25) is 0 Å². The maximum Gasteiger partial charge on any atom is 0.00353 e. The third-order valence-electron chi connectivity index (χ3n) is 1.87. The molecule has 0 saturated heterocycles. The smallest absolute Gasteiger partial charge is 0.00353 e. The van der Waals surface area contributed by atoms with Gasteiger partial charge in [0.25, 0.3) is 0 Å². The Kier molecular flexibility index (Phi) is 5.00. The molecular formula is C10H17. The van der Waals surface area contributed by atoms with E-state index in [-0.39, 0.29) is 0 Å². The van der Waals surface area contributed by atoms with Crippen LogP contribution in [-0.4, -0.2) is 0 Å². The molecule has 0 spiro atoms. The van der Waals surface area contributed by atoms with Crippen molar-refractivity contribution >= 4 is 0 Å². The summed E-state index contributed by atoms with van der Waals surface area (Å²) in [6, 6.07) is 0. The molecule has 0 aliphatic heterocycles. The Bertz CT molecular complexity index is 88.6. The van der Waals surface area contributed by atoms with Crippen molar-refractivity contribution in [2.24, 2.45) is 5.92 Å². The molecule has 0 amide bonds. The summed E-state index contributed by atoms with van der Waals surface area (Å²) >= 11 is 0. The minimum Gasteiger partial charge on any atom is -0.103 e. The largest absolute Gasteiger partial charge is 0.103 e. The second-order valence-corrected chi connectivity index (χ2v) is 2.38. The average molecular weight is 137 g/mol. The van der Waals surface area contributed by atoms with Crippen LogP contribution in [0.3, 0.4) is 0 Å².